The van der Waals surface area contributed by atoms with Crippen LogP contribution in [-0.2, 0) is 5.92 Å². The topological polar surface area (TPSA) is 93.9 Å². The van der Waals surface area contributed by atoms with E-state index in [4.69, 9.17) is 0 Å². The van der Waals surface area contributed by atoms with Gasteiger partial charge in [-0.1, -0.05) is 54.6 Å². The number of halogens is 2. The van der Waals surface area contributed by atoms with Gasteiger partial charge in [-0.05, 0) is 5.56 Å². The van der Waals surface area contributed by atoms with Crippen LogP contribution in [0.4, 0.5) is 14.7 Å². The van der Waals surface area contributed by atoms with Crippen LogP contribution in [0.2, 0.25) is 0 Å². The molecule has 28 heavy (non-hydrogen) atoms. The van der Waals surface area contributed by atoms with Crippen LogP contribution in [0.15, 0.2) is 64.5 Å². The Morgan fingerprint density at radius 3 is 2.46 bits per heavy atom. The van der Waals surface area contributed by atoms with Crippen LogP contribution >= 0.6 is 0 Å². The molecule has 0 atom stereocenters. The van der Waals surface area contributed by atoms with Crippen molar-refractivity contribution >= 4 is 12.2 Å². The third-order valence-corrected chi connectivity index (χ3v) is 3.88. The maximum atomic E-state index is 13.2. The zero-order valence-corrected chi connectivity index (χ0v) is 14.8. The molecule has 0 bridgehead atoms. The summed E-state index contributed by atoms with van der Waals surface area (Å²) < 4.78 is 26.5. The maximum Gasteiger partial charge on any atom is 0.270 e. The summed E-state index contributed by atoms with van der Waals surface area (Å²) in [4.78, 5) is 18.8. The Labute approximate surface area is 159 Å². The average Bonchev–Trinajstić information content (AvgIpc) is 2.68. The molecular weight excluding hydrogens is 364 g/mol. The highest BCUT2D eigenvalue weighted by Crippen LogP contribution is 2.26. The summed E-state index contributed by atoms with van der Waals surface area (Å²) in [5.41, 5.74) is 3.23. The average molecular weight is 379 g/mol. The van der Waals surface area contributed by atoms with Gasteiger partial charge < -0.3 is 0 Å². The maximum absolute atomic E-state index is 13.2. The van der Waals surface area contributed by atoms with E-state index in [1.54, 1.807) is 24.3 Å². The van der Waals surface area contributed by atoms with Crippen molar-refractivity contribution in [1.82, 2.24) is 9.97 Å². The number of nitriles is 1. The number of nitrogens with zero attached hydrogens (tertiary/aromatic N) is 3. The molecule has 2 N–H and O–H groups in total. The van der Waals surface area contributed by atoms with Crippen molar-refractivity contribution in [1.29, 1.82) is 5.26 Å². The van der Waals surface area contributed by atoms with Crippen LogP contribution in [0.3, 0.4) is 0 Å². The minimum Gasteiger partial charge on any atom is -0.290 e. The Hall–Kier alpha value is -3.86. The van der Waals surface area contributed by atoms with E-state index in [1.165, 1.54) is 30.5 Å². The fraction of sp³-hybridized carbons (Fsp3) is 0.100. The number of aromatic amines is 1. The summed E-state index contributed by atoms with van der Waals surface area (Å²) in [7, 11) is 0. The first-order valence-electron chi connectivity index (χ1n) is 8.26. The number of alkyl halides is 2. The SMILES string of the molecule is CC(F)(F)c1ccc(C=NNc2nc(-c3ccccc3)c(C#N)c(=O)[nH]2)cc1. The van der Waals surface area contributed by atoms with E-state index < -0.39 is 11.5 Å². The molecule has 0 saturated heterocycles. The third-order valence-electron chi connectivity index (χ3n) is 3.88. The molecule has 3 rings (SSSR count). The number of rotatable bonds is 5. The Bertz CT molecular complexity index is 1090. The summed E-state index contributed by atoms with van der Waals surface area (Å²) in [6, 6.07) is 16.3. The number of anilines is 1. The van der Waals surface area contributed by atoms with E-state index in [0.717, 1.165) is 6.92 Å². The van der Waals surface area contributed by atoms with E-state index in [-0.39, 0.29) is 22.8 Å². The van der Waals surface area contributed by atoms with Crippen molar-refractivity contribution in [3.8, 4) is 17.3 Å². The van der Waals surface area contributed by atoms with E-state index in [1.807, 2.05) is 12.1 Å². The molecule has 0 aliphatic heterocycles. The summed E-state index contributed by atoms with van der Waals surface area (Å²) in [6.07, 6.45) is 1.40. The zero-order valence-electron chi connectivity index (χ0n) is 14.8. The Morgan fingerprint density at radius 2 is 1.86 bits per heavy atom. The smallest absolute Gasteiger partial charge is 0.270 e. The summed E-state index contributed by atoms with van der Waals surface area (Å²) in [6.45, 7) is 0.828. The fourth-order valence-corrected chi connectivity index (χ4v) is 2.46. The van der Waals surface area contributed by atoms with E-state index in [0.29, 0.717) is 11.1 Å². The van der Waals surface area contributed by atoms with Crippen LogP contribution < -0.4 is 11.0 Å². The number of hydrogen-bond donors (Lipinski definition) is 2. The number of hydrogen-bond acceptors (Lipinski definition) is 5. The largest absolute Gasteiger partial charge is 0.290 e. The Kier molecular flexibility index (Phi) is 5.27. The molecule has 0 spiro atoms. The highest BCUT2D eigenvalue weighted by Gasteiger charge is 2.23. The van der Waals surface area contributed by atoms with Gasteiger partial charge in [-0.2, -0.15) is 10.4 Å². The molecule has 1 heterocycles. The minimum absolute atomic E-state index is 0.0517. The number of benzene rings is 2. The number of H-pyrrole nitrogens is 1. The van der Waals surface area contributed by atoms with Gasteiger partial charge in [0, 0.05) is 18.1 Å². The van der Waals surface area contributed by atoms with Gasteiger partial charge in [-0.25, -0.2) is 19.2 Å². The lowest BCUT2D eigenvalue weighted by molar-refractivity contribution is 0.0175. The van der Waals surface area contributed by atoms with Gasteiger partial charge in [0.1, 0.15) is 11.6 Å². The van der Waals surface area contributed by atoms with Crippen molar-refractivity contribution in [3.05, 3.63) is 81.6 Å². The third kappa shape index (κ3) is 4.27. The number of aromatic nitrogens is 2. The van der Waals surface area contributed by atoms with Crippen LogP contribution in [0.5, 0.6) is 0 Å². The highest BCUT2D eigenvalue weighted by atomic mass is 19.3. The van der Waals surface area contributed by atoms with Crippen LogP contribution in [0.1, 0.15) is 23.6 Å². The second kappa shape index (κ2) is 7.80. The first kappa shape index (κ1) is 18.9. The summed E-state index contributed by atoms with van der Waals surface area (Å²) in [5, 5.41) is 13.2. The molecule has 0 unspecified atom stereocenters. The van der Waals surface area contributed by atoms with E-state index >= 15 is 0 Å². The summed E-state index contributed by atoms with van der Waals surface area (Å²) >= 11 is 0. The molecule has 6 nitrogen and oxygen atoms in total. The predicted molar refractivity (Wildman–Crippen MR) is 102 cm³/mol. The van der Waals surface area contributed by atoms with Crippen molar-refractivity contribution in [2.45, 2.75) is 12.8 Å². The standard InChI is InChI=1S/C20H15F2N5O/c1-20(21,22)15-9-7-13(8-10-15)12-24-27-19-25-17(14-5-3-2-4-6-14)16(11-23)18(28)26-19/h2-10,12H,1H3,(H2,25,26,27,28). The lowest BCUT2D eigenvalue weighted by Crippen LogP contribution is -2.16. The monoisotopic (exact) mass is 379 g/mol. The minimum atomic E-state index is -2.91. The van der Waals surface area contributed by atoms with Gasteiger partial charge in [0.15, 0.2) is 0 Å². The first-order chi connectivity index (χ1) is 13.4. The second-order valence-corrected chi connectivity index (χ2v) is 6.00. The molecular formula is C20H15F2N5O. The molecule has 2 aromatic carbocycles. The second-order valence-electron chi connectivity index (χ2n) is 6.00. The predicted octanol–water partition coefficient (Wildman–Crippen LogP) is 3.87. The van der Waals surface area contributed by atoms with Gasteiger partial charge in [0.2, 0.25) is 5.95 Å². The zero-order chi connectivity index (χ0) is 20.1. The molecule has 0 fully saturated rings. The molecule has 8 heteroatoms. The number of hydrazone groups is 1. The van der Waals surface area contributed by atoms with E-state index in [9.17, 15) is 18.8 Å². The summed E-state index contributed by atoms with van der Waals surface area (Å²) in [5.74, 6) is -2.86. The molecule has 1 aromatic heterocycles. The molecule has 0 aliphatic carbocycles. The molecule has 140 valence electrons. The van der Waals surface area contributed by atoms with Crippen LogP contribution in [-0.4, -0.2) is 16.2 Å². The Morgan fingerprint density at radius 1 is 1.18 bits per heavy atom. The van der Waals surface area contributed by atoms with Crippen LogP contribution in [0.25, 0.3) is 11.3 Å². The normalized spacial score (nSPS) is 11.4. The van der Waals surface area contributed by atoms with Gasteiger partial charge in [-0.3, -0.25) is 9.78 Å². The lowest BCUT2D eigenvalue weighted by Gasteiger charge is -2.09. The first-order valence-corrected chi connectivity index (χ1v) is 8.26. The van der Waals surface area contributed by atoms with E-state index in [2.05, 4.69) is 20.5 Å². The molecule has 0 amide bonds. The lowest BCUT2D eigenvalue weighted by atomic mass is 10.1. The molecule has 0 aliphatic rings. The van der Waals surface area contributed by atoms with Gasteiger partial charge >= 0.3 is 0 Å². The van der Waals surface area contributed by atoms with Crippen LogP contribution in [0, 0.1) is 11.3 Å². The van der Waals surface area contributed by atoms with Crippen molar-refractivity contribution < 1.29 is 8.78 Å². The van der Waals surface area contributed by atoms with Crippen molar-refractivity contribution in [3.63, 3.8) is 0 Å². The highest BCUT2D eigenvalue weighted by molar-refractivity contribution is 5.80. The van der Waals surface area contributed by atoms with Gasteiger partial charge in [-0.15, -0.1) is 0 Å². The molecule has 0 saturated carbocycles. The quantitative estimate of drug-likeness (QED) is 0.520. The molecule has 0 radical (unpaired) electrons. The van der Waals surface area contributed by atoms with Crippen molar-refractivity contribution in [2.75, 3.05) is 5.43 Å². The number of nitrogens with one attached hydrogen (secondary N) is 2. The van der Waals surface area contributed by atoms with Crippen molar-refractivity contribution in [2.24, 2.45) is 5.10 Å². The van der Waals surface area contributed by atoms with Gasteiger partial charge in [0.25, 0.3) is 11.5 Å². The Balaban J connectivity index is 1.83. The van der Waals surface area contributed by atoms with Gasteiger partial charge in [0.05, 0.1) is 11.9 Å². The molecule has 3 aromatic rings. The fourth-order valence-electron chi connectivity index (χ4n) is 2.46.